The van der Waals surface area contributed by atoms with Crippen LogP contribution in [0.5, 0.6) is 0 Å². The van der Waals surface area contributed by atoms with Gasteiger partial charge in [0.2, 0.25) is 0 Å². The van der Waals surface area contributed by atoms with E-state index in [0.29, 0.717) is 17.2 Å². The highest BCUT2D eigenvalue weighted by molar-refractivity contribution is 7.13. The lowest BCUT2D eigenvalue weighted by atomic mass is 9.82. The quantitative estimate of drug-likeness (QED) is 0.590. The van der Waals surface area contributed by atoms with Gasteiger partial charge in [0, 0.05) is 29.6 Å². The van der Waals surface area contributed by atoms with Crippen molar-refractivity contribution in [3.63, 3.8) is 0 Å². The van der Waals surface area contributed by atoms with Crippen molar-refractivity contribution in [1.82, 2.24) is 9.88 Å². The van der Waals surface area contributed by atoms with Crippen LogP contribution in [-0.4, -0.2) is 34.7 Å². The number of hydrogen-bond donors (Lipinski definition) is 0. The molecule has 0 saturated carbocycles. The van der Waals surface area contributed by atoms with Crippen LogP contribution in [0.15, 0.2) is 41.3 Å². The van der Waals surface area contributed by atoms with Crippen LogP contribution in [0.1, 0.15) is 53.5 Å². The SMILES string of the molecule is CC(=O)c1ccccc1-c1nc(C(=O)N2CCC3CCCC=C3C2)cs1. The number of allylic oxidation sites excluding steroid dienone is 1. The molecule has 1 aromatic heterocycles. The number of Topliss-reactive ketones (excluding diaryl/α,β-unsaturated/α-hetero) is 1. The highest BCUT2D eigenvalue weighted by atomic mass is 32.1. The van der Waals surface area contributed by atoms with Crippen molar-refractivity contribution in [3.8, 4) is 10.6 Å². The molecule has 0 spiro atoms. The number of carbonyl (C=O) groups is 2. The number of nitrogens with zero attached hydrogens (tertiary/aromatic N) is 2. The maximum absolute atomic E-state index is 12.9. The maximum atomic E-state index is 12.9. The van der Waals surface area contributed by atoms with Gasteiger partial charge >= 0.3 is 0 Å². The molecule has 1 fully saturated rings. The summed E-state index contributed by atoms with van der Waals surface area (Å²) in [5.41, 5.74) is 3.36. The van der Waals surface area contributed by atoms with E-state index in [2.05, 4.69) is 11.1 Å². The van der Waals surface area contributed by atoms with Gasteiger partial charge in [-0.1, -0.05) is 35.9 Å². The summed E-state index contributed by atoms with van der Waals surface area (Å²) in [5.74, 6) is 0.675. The van der Waals surface area contributed by atoms with Gasteiger partial charge in [-0.05, 0) is 38.5 Å². The Labute approximate surface area is 157 Å². The first-order chi connectivity index (χ1) is 12.6. The average molecular weight is 366 g/mol. The number of rotatable bonds is 3. The fraction of sp³-hybridized carbons (Fsp3) is 0.381. The lowest BCUT2D eigenvalue weighted by Gasteiger charge is -2.36. The minimum Gasteiger partial charge on any atom is -0.333 e. The molecule has 134 valence electrons. The van der Waals surface area contributed by atoms with Gasteiger partial charge in [0.25, 0.3) is 5.91 Å². The Kier molecular flexibility index (Phi) is 4.72. The third kappa shape index (κ3) is 3.23. The Morgan fingerprint density at radius 2 is 2.08 bits per heavy atom. The van der Waals surface area contributed by atoms with E-state index in [1.165, 1.54) is 29.8 Å². The van der Waals surface area contributed by atoms with Crippen molar-refractivity contribution in [1.29, 1.82) is 0 Å². The Morgan fingerprint density at radius 3 is 2.92 bits per heavy atom. The van der Waals surface area contributed by atoms with Gasteiger partial charge in [0.1, 0.15) is 10.7 Å². The highest BCUT2D eigenvalue weighted by Gasteiger charge is 2.29. The molecule has 1 unspecified atom stereocenters. The lowest BCUT2D eigenvalue weighted by molar-refractivity contribution is 0.0725. The van der Waals surface area contributed by atoms with Crippen LogP contribution in [-0.2, 0) is 0 Å². The molecular weight excluding hydrogens is 344 g/mol. The molecule has 2 aromatic rings. The summed E-state index contributed by atoms with van der Waals surface area (Å²) >= 11 is 1.42. The zero-order valence-electron chi connectivity index (χ0n) is 14.9. The van der Waals surface area contributed by atoms with Gasteiger partial charge in [-0.25, -0.2) is 4.98 Å². The summed E-state index contributed by atoms with van der Waals surface area (Å²) < 4.78 is 0. The first kappa shape index (κ1) is 17.2. The molecule has 1 atom stereocenters. The summed E-state index contributed by atoms with van der Waals surface area (Å²) in [7, 11) is 0. The Morgan fingerprint density at radius 1 is 1.23 bits per heavy atom. The number of carbonyl (C=O) groups excluding carboxylic acids is 2. The number of amides is 1. The van der Waals surface area contributed by atoms with E-state index >= 15 is 0 Å². The number of hydrogen-bond acceptors (Lipinski definition) is 4. The number of aromatic nitrogens is 1. The maximum Gasteiger partial charge on any atom is 0.273 e. The van der Waals surface area contributed by atoms with E-state index in [-0.39, 0.29) is 11.7 Å². The minimum atomic E-state index is -0.00210. The second-order valence-electron chi connectivity index (χ2n) is 7.06. The second kappa shape index (κ2) is 7.16. The Bertz CT molecular complexity index is 884. The van der Waals surface area contributed by atoms with Crippen molar-refractivity contribution < 1.29 is 9.59 Å². The molecule has 4 rings (SSSR count). The van der Waals surface area contributed by atoms with Crippen LogP contribution < -0.4 is 0 Å². The van der Waals surface area contributed by atoms with Crippen molar-refractivity contribution in [2.75, 3.05) is 13.1 Å². The summed E-state index contributed by atoms with van der Waals surface area (Å²) in [6.45, 7) is 3.10. The molecule has 4 nitrogen and oxygen atoms in total. The van der Waals surface area contributed by atoms with Crippen LogP contribution in [0.4, 0.5) is 0 Å². The van der Waals surface area contributed by atoms with Gasteiger partial charge < -0.3 is 4.90 Å². The van der Waals surface area contributed by atoms with Gasteiger partial charge in [-0.15, -0.1) is 11.3 Å². The van der Waals surface area contributed by atoms with Crippen LogP contribution in [0.3, 0.4) is 0 Å². The van der Waals surface area contributed by atoms with Crippen LogP contribution in [0.2, 0.25) is 0 Å². The van der Waals surface area contributed by atoms with E-state index in [1.54, 1.807) is 13.0 Å². The van der Waals surface area contributed by atoms with Crippen molar-refractivity contribution in [3.05, 3.63) is 52.6 Å². The molecule has 1 aromatic carbocycles. The normalized spacial score (nSPS) is 19.7. The average Bonchev–Trinajstić information content (AvgIpc) is 3.17. The summed E-state index contributed by atoms with van der Waals surface area (Å²) in [6.07, 6.45) is 7.05. The first-order valence-corrected chi connectivity index (χ1v) is 10.1. The van der Waals surface area contributed by atoms with E-state index in [9.17, 15) is 9.59 Å². The molecule has 2 aliphatic rings. The smallest absolute Gasteiger partial charge is 0.273 e. The predicted molar refractivity (Wildman–Crippen MR) is 103 cm³/mol. The summed E-state index contributed by atoms with van der Waals surface area (Å²) in [6, 6.07) is 7.44. The highest BCUT2D eigenvalue weighted by Crippen LogP contribution is 2.33. The van der Waals surface area contributed by atoms with Gasteiger partial charge in [-0.2, -0.15) is 0 Å². The molecule has 26 heavy (non-hydrogen) atoms. The van der Waals surface area contributed by atoms with Crippen molar-refractivity contribution in [2.24, 2.45) is 5.92 Å². The monoisotopic (exact) mass is 366 g/mol. The van der Waals surface area contributed by atoms with Gasteiger partial charge in [0.05, 0.1) is 0 Å². The van der Waals surface area contributed by atoms with E-state index in [0.717, 1.165) is 36.5 Å². The fourth-order valence-electron chi connectivity index (χ4n) is 3.95. The minimum absolute atomic E-state index is 0.00210. The predicted octanol–water partition coefficient (Wildman–Crippen LogP) is 4.59. The number of piperidine rings is 1. The number of ketones is 1. The number of likely N-dealkylation sites (tertiary alicyclic amines) is 1. The van der Waals surface area contributed by atoms with E-state index in [4.69, 9.17) is 0 Å². The Balaban J connectivity index is 1.56. The van der Waals surface area contributed by atoms with E-state index < -0.39 is 0 Å². The molecule has 2 heterocycles. The third-order valence-electron chi connectivity index (χ3n) is 5.36. The second-order valence-corrected chi connectivity index (χ2v) is 7.92. The summed E-state index contributed by atoms with van der Waals surface area (Å²) in [5, 5.41) is 2.54. The molecule has 0 radical (unpaired) electrons. The fourth-order valence-corrected chi connectivity index (χ4v) is 4.78. The standard InChI is InChI=1S/C21H22N2O2S/c1-14(24)17-8-4-5-9-18(17)20-22-19(13-26-20)21(25)23-11-10-15-6-2-3-7-16(15)12-23/h4-5,7-9,13,15H,2-3,6,10-12H2,1H3. The number of benzene rings is 1. The molecule has 1 aliphatic carbocycles. The summed E-state index contributed by atoms with van der Waals surface area (Å²) in [4.78, 5) is 31.2. The zero-order chi connectivity index (χ0) is 18.1. The molecule has 1 amide bonds. The van der Waals surface area contributed by atoms with Gasteiger partial charge in [-0.3, -0.25) is 9.59 Å². The topological polar surface area (TPSA) is 50.3 Å². The molecule has 0 N–H and O–H groups in total. The largest absolute Gasteiger partial charge is 0.333 e. The lowest BCUT2D eigenvalue weighted by Crippen LogP contribution is -2.40. The zero-order valence-corrected chi connectivity index (χ0v) is 15.7. The van der Waals surface area contributed by atoms with Crippen LogP contribution in [0, 0.1) is 5.92 Å². The Hall–Kier alpha value is -2.27. The molecule has 5 heteroatoms. The molecule has 1 aliphatic heterocycles. The first-order valence-electron chi connectivity index (χ1n) is 9.17. The van der Waals surface area contributed by atoms with Crippen molar-refractivity contribution in [2.45, 2.75) is 32.6 Å². The van der Waals surface area contributed by atoms with Crippen molar-refractivity contribution >= 4 is 23.0 Å². The molecule has 0 bridgehead atoms. The van der Waals surface area contributed by atoms with E-state index in [1.807, 2.05) is 28.5 Å². The third-order valence-corrected chi connectivity index (χ3v) is 6.23. The van der Waals surface area contributed by atoms with Crippen LogP contribution in [0.25, 0.3) is 10.6 Å². The number of fused-ring (bicyclic) bond motifs is 1. The van der Waals surface area contributed by atoms with Crippen LogP contribution >= 0.6 is 11.3 Å². The molecular formula is C21H22N2O2S. The number of thiazole rings is 1. The van der Waals surface area contributed by atoms with Gasteiger partial charge in [0.15, 0.2) is 5.78 Å². The molecule has 1 saturated heterocycles.